The second-order valence-electron chi connectivity index (χ2n) is 7.82. The molecule has 0 atom stereocenters. The van der Waals surface area contributed by atoms with Crippen LogP contribution in [0.1, 0.15) is 60.6 Å². The first-order valence-corrected chi connectivity index (χ1v) is 12.8. The van der Waals surface area contributed by atoms with Gasteiger partial charge in [-0.15, -0.1) is 6.42 Å². The van der Waals surface area contributed by atoms with Crippen LogP contribution in [0.5, 0.6) is 11.5 Å². The molecule has 3 aromatic rings. The van der Waals surface area contributed by atoms with Crippen LogP contribution >= 0.6 is 0 Å². The zero-order valence-corrected chi connectivity index (χ0v) is 25.8. The third-order valence-electron chi connectivity index (χ3n) is 5.00. The monoisotopic (exact) mass is 564 g/mol. The summed E-state index contributed by atoms with van der Waals surface area (Å²) in [5.41, 5.74) is 12.6. The first-order valence-electron chi connectivity index (χ1n) is 12.8. The smallest absolute Gasteiger partial charge is 0.151 e. The molecule has 0 heterocycles. The number of ether oxygens (including phenoxy) is 1. The minimum atomic E-state index is 0.819. The first-order chi connectivity index (χ1) is 19.9. The number of rotatable bonds is 6. The van der Waals surface area contributed by atoms with Crippen molar-refractivity contribution in [1.29, 1.82) is 0 Å². The van der Waals surface area contributed by atoms with Crippen LogP contribution in [-0.2, 0) is 32.0 Å². The Kier molecular flexibility index (Phi) is 31.8. The van der Waals surface area contributed by atoms with E-state index < -0.39 is 0 Å². The van der Waals surface area contributed by atoms with Gasteiger partial charge < -0.3 is 35.0 Å². The standard InChI is InChI=1S/C26H27NO.C3H8.CH5N.4CH2O/c1-6-20-9-8-10-24(16-20)28-25-14-18(3)13-23(26(25)27-5)17-22-12-11-21(7-2)15-19(22)4;1-3-2;5*1-2/h2,8-16,27H,6,17H2,1,3-5H3;3H2,1-2H3;2H2,1H3;4*1H2. The molecule has 0 bridgehead atoms. The number of terminal acetylenes is 1. The fraction of sp³-hybridized carbons (Fsp3) is 0.294. The lowest BCUT2D eigenvalue weighted by Gasteiger charge is -2.18. The van der Waals surface area contributed by atoms with Gasteiger partial charge >= 0.3 is 0 Å². The quantitative estimate of drug-likeness (QED) is 0.327. The van der Waals surface area contributed by atoms with E-state index >= 15 is 0 Å². The third-order valence-corrected chi connectivity index (χ3v) is 5.00. The predicted octanol–water partition coefficient (Wildman–Crippen LogP) is 6.52. The van der Waals surface area contributed by atoms with Crippen molar-refractivity contribution in [2.75, 3.05) is 19.4 Å². The van der Waals surface area contributed by atoms with Gasteiger partial charge in [0.15, 0.2) is 5.75 Å². The second kappa shape index (κ2) is 30.0. The molecule has 0 aliphatic rings. The van der Waals surface area contributed by atoms with E-state index in [0.29, 0.717) is 0 Å². The Bertz CT molecular complexity index is 1120. The molecule has 0 amide bonds. The summed E-state index contributed by atoms with van der Waals surface area (Å²) >= 11 is 0. The molecule has 0 unspecified atom stereocenters. The normalized spacial score (nSPS) is 8.07. The van der Waals surface area contributed by atoms with Crippen molar-refractivity contribution in [2.45, 2.75) is 53.9 Å². The highest BCUT2D eigenvalue weighted by atomic mass is 16.5. The average molecular weight is 565 g/mol. The molecular weight excluding hydrogens is 516 g/mol. The van der Waals surface area contributed by atoms with Gasteiger partial charge in [-0.1, -0.05) is 57.4 Å². The maximum Gasteiger partial charge on any atom is 0.151 e. The number of carbonyl (C=O) groups excluding carboxylic acids is 4. The molecule has 41 heavy (non-hydrogen) atoms. The maximum absolute atomic E-state index is 8.00. The van der Waals surface area contributed by atoms with E-state index in [0.717, 1.165) is 35.6 Å². The van der Waals surface area contributed by atoms with E-state index in [-0.39, 0.29) is 0 Å². The van der Waals surface area contributed by atoms with Gasteiger partial charge in [0, 0.05) is 12.6 Å². The van der Waals surface area contributed by atoms with E-state index in [1.165, 1.54) is 41.3 Å². The zero-order chi connectivity index (χ0) is 32.8. The molecule has 3 rings (SSSR count). The van der Waals surface area contributed by atoms with Crippen molar-refractivity contribution in [2.24, 2.45) is 5.73 Å². The number of anilines is 1. The maximum atomic E-state index is 8.00. The summed E-state index contributed by atoms with van der Waals surface area (Å²) in [5.74, 6) is 4.42. The molecule has 7 heteroatoms. The summed E-state index contributed by atoms with van der Waals surface area (Å²) in [5, 5.41) is 3.35. The van der Waals surface area contributed by atoms with Gasteiger partial charge in [-0.25, -0.2) is 0 Å². The Hall–Kier alpha value is -4.54. The molecule has 3 N–H and O–H groups in total. The summed E-state index contributed by atoms with van der Waals surface area (Å²) in [6, 6.07) is 18.8. The largest absolute Gasteiger partial charge is 0.455 e. The zero-order valence-electron chi connectivity index (χ0n) is 25.8. The van der Waals surface area contributed by atoms with Crippen LogP contribution < -0.4 is 15.8 Å². The SMILES string of the molecule is C#Cc1ccc(Cc2cc(C)cc(Oc3cccc(CC)c3)c2NC)c(C)c1.C=O.C=O.C=O.C=O.CCC.CN. The van der Waals surface area contributed by atoms with Crippen molar-refractivity contribution in [1.82, 2.24) is 0 Å². The molecule has 0 saturated heterocycles. The average Bonchev–Trinajstić information content (AvgIpc) is 3.03. The van der Waals surface area contributed by atoms with Gasteiger partial charge in [-0.05, 0) is 91.9 Å². The molecule has 224 valence electrons. The first kappa shape index (κ1) is 43.5. The van der Waals surface area contributed by atoms with Crippen LogP contribution in [0.2, 0.25) is 0 Å². The molecule has 0 aliphatic carbocycles. The minimum absolute atomic E-state index is 0.819. The van der Waals surface area contributed by atoms with Gasteiger partial charge in [0.1, 0.15) is 32.9 Å². The lowest BCUT2D eigenvalue weighted by Crippen LogP contribution is -2.02. The number of hydrogen-bond donors (Lipinski definition) is 2. The Balaban J connectivity index is -0.000000460. The minimum Gasteiger partial charge on any atom is -0.455 e. The number of aryl methyl sites for hydroxylation is 3. The van der Waals surface area contributed by atoms with Gasteiger partial charge in [-0.2, -0.15) is 0 Å². The van der Waals surface area contributed by atoms with E-state index in [1.54, 1.807) is 0 Å². The van der Waals surface area contributed by atoms with Crippen molar-refractivity contribution in [3.8, 4) is 23.8 Å². The van der Waals surface area contributed by atoms with Gasteiger partial charge in [0.2, 0.25) is 0 Å². The number of hydrogen-bond acceptors (Lipinski definition) is 7. The van der Waals surface area contributed by atoms with E-state index in [4.69, 9.17) is 30.3 Å². The summed E-state index contributed by atoms with van der Waals surface area (Å²) in [6.07, 6.45) is 8.58. The van der Waals surface area contributed by atoms with E-state index in [9.17, 15) is 0 Å². The molecular formula is C34H48N2O5. The second-order valence-corrected chi connectivity index (χ2v) is 7.82. The fourth-order valence-electron chi connectivity index (χ4n) is 3.47. The van der Waals surface area contributed by atoms with Gasteiger partial charge in [0.05, 0.1) is 5.69 Å². The Morgan fingerprint density at radius 3 is 1.85 bits per heavy atom. The number of nitrogens with two attached hydrogens (primary N) is 1. The van der Waals surface area contributed by atoms with Crippen molar-refractivity contribution >= 4 is 32.8 Å². The van der Waals surface area contributed by atoms with Crippen molar-refractivity contribution < 1.29 is 23.9 Å². The number of carbonyl (C=O) groups is 4. The van der Waals surface area contributed by atoms with E-state index in [1.807, 2.05) is 52.4 Å². The lowest BCUT2D eigenvalue weighted by atomic mass is 9.96. The molecule has 0 saturated carbocycles. The predicted molar refractivity (Wildman–Crippen MR) is 173 cm³/mol. The molecule has 0 radical (unpaired) electrons. The molecule has 0 aromatic heterocycles. The van der Waals surface area contributed by atoms with Crippen LogP contribution in [0.4, 0.5) is 5.69 Å². The number of benzene rings is 3. The summed E-state index contributed by atoms with van der Waals surface area (Å²) in [7, 11) is 3.44. The molecule has 0 spiro atoms. The summed E-state index contributed by atoms with van der Waals surface area (Å²) < 4.78 is 6.28. The fourth-order valence-corrected chi connectivity index (χ4v) is 3.47. The van der Waals surface area contributed by atoms with Crippen LogP contribution in [0, 0.1) is 26.2 Å². The lowest BCUT2D eigenvalue weighted by molar-refractivity contribution is -0.0987. The summed E-state index contributed by atoms with van der Waals surface area (Å²) in [6.45, 7) is 18.6. The van der Waals surface area contributed by atoms with Crippen LogP contribution in [0.3, 0.4) is 0 Å². The van der Waals surface area contributed by atoms with Crippen LogP contribution in [0.15, 0.2) is 54.6 Å². The Labute approximate surface area is 247 Å². The molecule has 0 fully saturated rings. The van der Waals surface area contributed by atoms with E-state index in [2.05, 4.69) is 88.0 Å². The topological polar surface area (TPSA) is 116 Å². The molecule has 0 aliphatic heterocycles. The highest BCUT2D eigenvalue weighted by Gasteiger charge is 2.13. The van der Waals surface area contributed by atoms with Crippen LogP contribution in [-0.4, -0.2) is 41.3 Å². The van der Waals surface area contributed by atoms with Crippen LogP contribution in [0.25, 0.3) is 0 Å². The van der Waals surface area contributed by atoms with Gasteiger partial charge in [0.25, 0.3) is 0 Å². The third kappa shape index (κ3) is 16.9. The molecule has 3 aromatic carbocycles. The number of nitrogens with one attached hydrogen (secondary N) is 1. The Morgan fingerprint density at radius 1 is 0.829 bits per heavy atom. The van der Waals surface area contributed by atoms with Gasteiger partial charge in [-0.3, -0.25) is 0 Å². The van der Waals surface area contributed by atoms with Crippen molar-refractivity contribution in [3.05, 3.63) is 88.0 Å². The molecule has 7 nitrogen and oxygen atoms in total. The Morgan fingerprint density at radius 2 is 1.39 bits per heavy atom. The highest BCUT2D eigenvalue weighted by molar-refractivity contribution is 5.65. The van der Waals surface area contributed by atoms with Crippen molar-refractivity contribution in [3.63, 3.8) is 0 Å². The summed E-state index contributed by atoms with van der Waals surface area (Å²) in [4.78, 5) is 32.0. The highest BCUT2D eigenvalue weighted by Crippen LogP contribution is 2.35.